The number of likely N-dealkylation sites (tertiary alicyclic amines) is 1. The Hall–Kier alpha value is -2.09. The average molecular weight is 344 g/mol. The average Bonchev–Trinajstić information content (AvgIpc) is 2.54. The van der Waals surface area contributed by atoms with E-state index in [1.807, 2.05) is 0 Å². The van der Waals surface area contributed by atoms with Crippen molar-refractivity contribution in [2.24, 2.45) is 5.92 Å². The maximum Gasteiger partial charge on any atom is 0.387 e. The van der Waals surface area contributed by atoms with Crippen LogP contribution in [0.2, 0.25) is 0 Å². The summed E-state index contributed by atoms with van der Waals surface area (Å²) in [4.78, 5) is 13.9. The molecule has 1 aliphatic heterocycles. The molecule has 0 radical (unpaired) electrons. The fraction of sp³-hybridized carbons (Fsp3) is 0.562. The van der Waals surface area contributed by atoms with Crippen LogP contribution in [0, 0.1) is 5.92 Å². The van der Waals surface area contributed by atoms with Gasteiger partial charge in [-0.25, -0.2) is 4.79 Å². The third-order valence-corrected chi connectivity index (χ3v) is 4.14. The van der Waals surface area contributed by atoms with Gasteiger partial charge in [-0.05, 0) is 37.8 Å². The van der Waals surface area contributed by atoms with E-state index in [0.717, 1.165) is 12.8 Å². The van der Waals surface area contributed by atoms with E-state index in [-0.39, 0.29) is 29.6 Å². The molecule has 1 aromatic rings. The molecule has 2 amide bonds. The number of halogens is 2. The lowest BCUT2D eigenvalue weighted by molar-refractivity contribution is -0.0511. The van der Waals surface area contributed by atoms with Crippen LogP contribution in [0.5, 0.6) is 11.5 Å². The first-order chi connectivity index (χ1) is 11.4. The number of rotatable bonds is 5. The number of carbonyl (C=O) groups is 1. The SMILES string of the molecule is COc1ccc(NC(=O)N2CCC(C(C)O)CC2)cc1OC(F)F. The summed E-state index contributed by atoms with van der Waals surface area (Å²) in [5.41, 5.74) is 0.342. The largest absolute Gasteiger partial charge is 0.493 e. The predicted octanol–water partition coefficient (Wildman–Crippen LogP) is 2.92. The molecule has 0 bridgehead atoms. The zero-order chi connectivity index (χ0) is 17.7. The first-order valence-corrected chi connectivity index (χ1v) is 7.77. The zero-order valence-corrected chi connectivity index (χ0v) is 13.7. The Morgan fingerprint density at radius 3 is 2.54 bits per heavy atom. The maximum absolute atomic E-state index is 12.4. The predicted molar refractivity (Wildman–Crippen MR) is 84.6 cm³/mol. The molecule has 134 valence electrons. The third kappa shape index (κ3) is 4.70. The van der Waals surface area contributed by atoms with Gasteiger partial charge in [-0.3, -0.25) is 0 Å². The lowest BCUT2D eigenvalue weighted by atomic mass is 9.92. The summed E-state index contributed by atoms with van der Waals surface area (Å²) in [6.45, 7) is -0.151. The Bertz CT molecular complexity index is 561. The van der Waals surface area contributed by atoms with E-state index in [9.17, 15) is 18.7 Å². The lowest BCUT2D eigenvalue weighted by Gasteiger charge is -2.33. The number of hydrogen-bond acceptors (Lipinski definition) is 4. The van der Waals surface area contributed by atoms with Crippen molar-refractivity contribution in [1.29, 1.82) is 0 Å². The van der Waals surface area contributed by atoms with Gasteiger partial charge >= 0.3 is 12.6 Å². The van der Waals surface area contributed by atoms with Gasteiger partial charge < -0.3 is 24.8 Å². The number of piperidine rings is 1. The Labute approximate surface area is 139 Å². The van der Waals surface area contributed by atoms with Gasteiger partial charge in [0.1, 0.15) is 0 Å². The summed E-state index contributed by atoms with van der Waals surface area (Å²) >= 11 is 0. The number of hydrogen-bond donors (Lipinski definition) is 2. The number of alkyl halides is 2. The standard InChI is InChI=1S/C16H22F2N2O4/c1-10(21)11-5-7-20(8-6-11)16(22)19-12-3-4-13(23-2)14(9-12)24-15(17)18/h3-4,9-11,15,21H,5-8H2,1-2H3,(H,19,22). The molecule has 1 aromatic carbocycles. The highest BCUT2D eigenvalue weighted by atomic mass is 19.3. The summed E-state index contributed by atoms with van der Waals surface area (Å²) < 4.78 is 34.2. The number of nitrogens with one attached hydrogen (secondary N) is 1. The second-order valence-corrected chi connectivity index (χ2v) is 5.74. The third-order valence-electron chi connectivity index (χ3n) is 4.14. The van der Waals surface area contributed by atoms with Gasteiger partial charge in [0.15, 0.2) is 11.5 Å². The summed E-state index contributed by atoms with van der Waals surface area (Å²) in [6.07, 6.45) is 1.08. The number of methoxy groups -OCH3 is 1. The van der Waals surface area contributed by atoms with Crippen molar-refractivity contribution in [3.05, 3.63) is 18.2 Å². The smallest absolute Gasteiger partial charge is 0.387 e. The van der Waals surface area contributed by atoms with Crippen LogP contribution in [0.25, 0.3) is 0 Å². The van der Waals surface area contributed by atoms with E-state index in [0.29, 0.717) is 18.8 Å². The van der Waals surface area contributed by atoms with E-state index in [2.05, 4.69) is 10.1 Å². The second kappa shape index (κ2) is 8.14. The van der Waals surface area contributed by atoms with Crippen LogP contribution in [-0.2, 0) is 0 Å². The van der Waals surface area contributed by atoms with Crippen LogP contribution >= 0.6 is 0 Å². The van der Waals surface area contributed by atoms with Crippen LogP contribution in [-0.4, -0.2) is 49.0 Å². The summed E-state index contributed by atoms with van der Waals surface area (Å²) in [7, 11) is 1.35. The number of aliphatic hydroxyl groups excluding tert-OH is 1. The van der Waals surface area contributed by atoms with Gasteiger partial charge in [0.2, 0.25) is 0 Å². The van der Waals surface area contributed by atoms with Gasteiger partial charge in [-0.15, -0.1) is 0 Å². The molecule has 1 heterocycles. The molecule has 1 aliphatic rings. The van der Waals surface area contributed by atoms with Crippen LogP contribution in [0.1, 0.15) is 19.8 Å². The van der Waals surface area contributed by atoms with Gasteiger partial charge in [0, 0.05) is 24.8 Å². The van der Waals surface area contributed by atoms with Crippen molar-refractivity contribution in [2.75, 3.05) is 25.5 Å². The van der Waals surface area contributed by atoms with Crippen molar-refractivity contribution in [3.63, 3.8) is 0 Å². The minimum absolute atomic E-state index is 0.141. The normalized spacial score (nSPS) is 16.8. The Morgan fingerprint density at radius 2 is 2.00 bits per heavy atom. The van der Waals surface area contributed by atoms with E-state index in [4.69, 9.17) is 4.74 Å². The molecule has 1 fully saturated rings. The minimum atomic E-state index is -2.98. The molecule has 2 N–H and O–H groups in total. The Balaban J connectivity index is 1.99. The number of ether oxygens (including phenoxy) is 2. The Morgan fingerprint density at radius 1 is 1.33 bits per heavy atom. The topological polar surface area (TPSA) is 71.0 Å². The van der Waals surface area contributed by atoms with E-state index in [1.54, 1.807) is 17.9 Å². The van der Waals surface area contributed by atoms with Crippen LogP contribution in [0.3, 0.4) is 0 Å². The van der Waals surface area contributed by atoms with Crippen molar-refractivity contribution in [1.82, 2.24) is 4.90 Å². The summed E-state index contributed by atoms with van der Waals surface area (Å²) in [6, 6.07) is 3.99. The summed E-state index contributed by atoms with van der Waals surface area (Å²) in [5.74, 6) is 0.213. The molecule has 0 aromatic heterocycles. The molecular weight excluding hydrogens is 322 g/mol. The molecule has 8 heteroatoms. The highest BCUT2D eigenvalue weighted by Crippen LogP contribution is 2.31. The van der Waals surface area contributed by atoms with Crippen molar-refractivity contribution in [2.45, 2.75) is 32.5 Å². The van der Waals surface area contributed by atoms with Crippen molar-refractivity contribution in [3.8, 4) is 11.5 Å². The number of urea groups is 1. The number of carbonyl (C=O) groups excluding carboxylic acids is 1. The fourth-order valence-electron chi connectivity index (χ4n) is 2.73. The number of aliphatic hydroxyl groups is 1. The van der Waals surface area contributed by atoms with Crippen LogP contribution < -0.4 is 14.8 Å². The van der Waals surface area contributed by atoms with Crippen LogP contribution in [0.15, 0.2) is 18.2 Å². The molecule has 24 heavy (non-hydrogen) atoms. The zero-order valence-electron chi connectivity index (χ0n) is 13.7. The molecule has 0 aliphatic carbocycles. The molecule has 0 saturated carbocycles. The first kappa shape index (κ1) is 18.3. The highest BCUT2D eigenvalue weighted by molar-refractivity contribution is 5.89. The lowest BCUT2D eigenvalue weighted by Crippen LogP contribution is -2.42. The van der Waals surface area contributed by atoms with E-state index >= 15 is 0 Å². The van der Waals surface area contributed by atoms with Gasteiger partial charge in [0.05, 0.1) is 13.2 Å². The quantitative estimate of drug-likeness (QED) is 0.862. The van der Waals surface area contributed by atoms with Gasteiger partial charge in [-0.2, -0.15) is 8.78 Å². The second-order valence-electron chi connectivity index (χ2n) is 5.74. The molecule has 0 spiro atoms. The number of amides is 2. The first-order valence-electron chi connectivity index (χ1n) is 7.77. The molecular formula is C16H22F2N2O4. The molecule has 2 rings (SSSR count). The van der Waals surface area contributed by atoms with E-state index in [1.165, 1.54) is 19.2 Å². The van der Waals surface area contributed by atoms with Crippen molar-refractivity contribution < 1.29 is 28.2 Å². The number of anilines is 1. The van der Waals surface area contributed by atoms with Crippen LogP contribution in [0.4, 0.5) is 19.3 Å². The molecule has 1 unspecified atom stereocenters. The Kier molecular flexibility index (Phi) is 6.19. The monoisotopic (exact) mass is 344 g/mol. The fourth-order valence-corrected chi connectivity index (χ4v) is 2.73. The molecule has 1 saturated heterocycles. The molecule has 1 atom stereocenters. The van der Waals surface area contributed by atoms with E-state index < -0.39 is 6.61 Å². The van der Waals surface area contributed by atoms with Crippen molar-refractivity contribution >= 4 is 11.7 Å². The maximum atomic E-state index is 12.4. The highest BCUT2D eigenvalue weighted by Gasteiger charge is 2.25. The number of benzene rings is 1. The van der Waals surface area contributed by atoms with Gasteiger partial charge in [-0.1, -0.05) is 0 Å². The molecule has 6 nitrogen and oxygen atoms in total. The summed E-state index contributed by atoms with van der Waals surface area (Å²) in [5, 5.41) is 12.2. The number of nitrogens with zero attached hydrogens (tertiary/aromatic N) is 1. The van der Waals surface area contributed by atoms with Gasteiger partial charge in [0.25, 0.3) is 0 Å². The minimum Gasteiger partial charge on any atom is -0.493 e.